The molecule has 4 rings (SSSR count). The van der Waals surface area contributed by atoms with Crippen molar-refractivity contribution in [3.8, 4) is 5.69 Å². The van der Waals surface area contributed by atoms with Gasteiger partial charge in [0, 0.05) is 38.2 Å². The molecule has 1 atom stereocenters. The van der Waals surface area contributed by atoms with Crippen LogP contribution in [-0.4, -0.2) is 38.9 Å². The van der Waals surface area contributed by atoms with Crippen molar-refractivity contribution in [2.24, 2.45) is 10.6 Å². The fraction of sp³-hybridized carbons (Fsp3) is 0.304. The van der Waals surface area contributed by atoms with Crippen molar-refractivity contribution >= 4 is 38.4 Å². The number of ether oxygens (including phenoxy) is 1. The minimum Gasteiger partial charge on any atom is -0.465 e. The maximum atomic E-state index is 13.8. The van der Waals surface area contributed by atoms with Crippen molar-refractivity contribution < 1.29 is 27.3 Å². The number of fused-ring (bicyclic) bond motifs is 1. The number of sulfonamides is 1. The molecule has 0 bridgehead atoms. The normalized spacial score (nSPS) is 17.3. The third-order valence-corrected chi connectivity index (χ3v) is 8.65. The van der Waals surface area contributed by atoms with Crippen LogP contribution in [0.25, 0.3) is 5.69 Å². The molecule has 1 aliphatic rings. The number of benzene rings is 1. The van der Waals surface area contributed by atoms with E-state index in [2.05, 4.69) is 4.98 Å². The van der Waals surface area contributed by atoms with E-state index in [0.717, 1.165) is 28.2 Å². The van der Waals surface area contributed by atoms with Gasteiger partial charge in [-0.1, -0.05) is 23.5 Å². The van der Waals surface area contributed by atoms with E-state index in [1.165, 1.54) is 25.8 Å². The average Bonchev–Trinajstić information content (AvgIpc) is 3.38. The topological polar surface area (TPSA) is 124 Å². The molecule has 0 radical (unpaired) electrons. The highest BCUT2D eigenvalue weighted by Gasteiger charge is 2.47. The highest BCUT2D eigenvalue weighted by molar-refractivity contribution is 7.91. The Hall–Kier alpha value is -3.15. The largest absolute Gasteiger partial charge is 0.465 e. The number of anilines is 1. The van der Waals surface area contributed by atoms with E-state index in [1.54, 1.807) is 0 Å². The van der Waals surface area contributed by atoms with Gasteiger partial charge >= 0.3 is 5.97 Å². The number of carbonyl (C=O) groups excluding carboxylic acids is 2. The van der Waals surface area contributed by atoms with Gasteiger partial charge in [0.2, 0.25) is 21.6 Å². The summed E-state index contributed by atoms with van der Waals surface area (Å²) >= 11 is 0.838. The Labute approximate surface area is 201 Å². The summed E-state index contributed by atoms with van der Waals surface area (Å²) in [7, 11) is -2.42. The molecule has 1 aliphatic carbocycles. The second-order valence-electron chi connectivity index (χ2n) is 8.43. The summed E-state index contributed by atoms with van der Waals surface area (Å²) in [5.74, 6) is -0.790. The van der Waals surface area contributed by atoms with Crippen LogP contribution < -0.4 is 14.6 Å². The molecule has 0 spiro atoms. The summed E-state index contributed by atoms with van der Waals surface area (Å²) in [6.07, 6.45) is 4.63. The van der Waals surface area contributed by atoms with E-state index >= 15 is 0 Å². The first kappa shape index (κ1) is 24.0. The zero-order valence-electron chi connectivity index (χ0n) is 19.0. The Morgan fingerprint density at radius 1 is 1.21 bits per heavy atom. The second kappa shape index (κ2) is 8.90. The molecular formula is C23H25N4O5S2+. The van der Waals surface area contributed by atoms with Gasteiger partial charge in [0.15, 0.2) is 21.7 Å². The van der Waals surface area contributed by atoms with Gasteiger partial charge in [-0.05, 0) is 30.9 Å². The van der Waals surface area contributed by atoms with Crippen molar-refractivity contribution in [3.63, 3.8) is 0 Å². The lowest BCUT2D eigenvalue weighted by Gasteiger charge is -2.30. The molecule has 0 saturated heterocycles. The van der Waals surface area contributed by atoms with Crippen LogP contribution in [0.3, 0.4) is 0 Å². The maximum Gasteiger partial charge on any atom is 0.302 e. The zero-order chi connectivity index (χ0) is 24.7. The molecule has 1 amide bonds. The smallest absolute Gasteiger partial charge is 0.302 e. The van der Waals surface area contributed by atoms with Crippen LogP contribution in [-0.2, 0) is 37.2 Å². The molecule has 1 unspecified atom stereocenters. The first-order chi connectivity index (χ1) is 16.0. The SMILES string of the molecule is CC(=O)OCC1(C(=O)N(C)c2nc(C)c(S(N)(=O)=O)s2)Cc2ccc(-[n+]3ccccc3)cc2C1. The molecule has 2 heterocycles. The predicted octanol–water partition coefficient (Wildman–Crippen LogP) is 1.69. The fourth-order valence-electron chi connectivity index (χ4n) is 4.25. The summed E-state index contributed by atoms with van der Waals surface area (Å²) < 4.78 is 30.9. The minimum atomic E-state index is -3.96. The van der Waals surface area contributed by atoms with Gasteiger partial charge in [-0.3, -0.25) is 14.5 Å². The number of amides is 1. The Kier molecular flexibility index (Phi) is 6.28. The molecule has 0 saturated carbocycles. The number of hydrogen-bond donors (Lipinski definition) is 1. The molecule has 3 aromatic rings. The van der Waals surface area contributed by atoms with Crippen molar-refractivity contribution in [1.29, 1.82) is 0 Å². The Morgan fingerprint density at radius 3 is 2.50 bits per heavy atom. The number of nitrogens with zero attached hydrogens (tertiary/aromatic N) is 3. The van der Waals surface area contributed by atoms with Crippen molar-refractivity contribution in [3.05, 3.63) is 65.6 Å². The molecule has 34 heavy (non-hydrogen) atoms. The molecule has 2 aromatic heterocycles. The third-order valence-electron chi connectivity index (χ3n) is 5.86. The molecular weight excluding hydrogens is 476 g/mol. The summed E-state index contributed by atoms with van der Waals surface area (Å²) in [6.45, 7) is 2.73. The van der Waals surface area contributed by atoms with E-state index < -0.39 is 21.4 Å². The predicted molar refractivity (Wildman–Crippen MR) is 126 cm³/mol. The number of esters is 1. The highest BCUT2D eigenvalue weighted by atomic mass is 32.2. The fourth-order valence-corrected chi connectivity index (χ4v) is 6.15. The zero-order valence-corrected chi connectivity index (χ0v) is 20.6. The van der Waals surface area contributed by atoms with E-state index in [1.807, 2.05) is 53.4 Å². The van der Waals surface area contributed by atoms with E-state index in [9.17, 15) is 18.0 Å². The second-order valence-corrected chi connectivity index (χ2v) is 11.2. The van der Waals surface area contributed by atoms with Gasteiger partial charge in [0.25, 0.3) is 0 Å². The summed E-state index contributed by atoms with van der Waals surface area (Å²) in [6, 6.07) is 11.8. The quantitative estimate of drug-likeness (QED) is 0.405. The summed E-state index contributed by atoms with van der Waals surface area (Å²) in [5.41, 5.74) is 2.13. The van der Waals surface area contributed by atoms with Gasteiger partial charge in [-0.25, -0.2) is 18.5 Å². The monoisotopic (exact) mass is 501 g/mol. The number of pyridine rings is 1. The van der Waals surface area contributed by atoms with Gasteiger partial charge < -0.3 is 4.74 Å². The lowest BCUT2D eigenvalue weighted by atomic mass is 9.84. The standard InChI is InChI=1S/C23H25N4O5S2/c1-15-20(34(24,30)31)33-22(25-15)26(3)21(29)23(14-32-16(2)28)12-17-7-8-19(11-18(17)13-23)27-9-5-4-6-10-27/h4-11H,12-14H2,1-3H3,(H2,24,30,31)/q+1. The van der Waals surface area contributed by atoms with Gasteiger partial charge in [-0.2, -0.15) is 4.57 Å². The molecule has 0 aliphatic heterocycles. The van der Waals surface area contributed by atoms with Crippen LogP contribution in [0, 0.1) is 12.3 Å². The average molecular weight is 502 g/mol. The number of thiazole rings is 1. The van der Waals surface area contributed by atoms with E-state index in [-0.39, 0.29) is 27.5 Å². The van der Waals surface area contributed by atoms with Crippen LogP contribution in [0.4, 0.5) is 5.13 Å². The van der Waals surface area contributed by atoms with Crippen LogP contribution in [0.2, 0.25) is 0 Å². The van der Waals surface area contributed by atoms with E-state index in [4.69, 9.17) is 9.88 Å². The van der Waals surface area contributed by atoms with E-state index in [0.29, 0.717) is 12.8 Å². The minimum absolute atomic E-state index is 0.0876. The van der Waals surface area contributed by atoms with Crippen molar-refractivity contribution in [2.45, 2.75) is 30.9 Å². The number of rotatable bonds is 6. The molecule has 1 aromatic carbocycles. The molecule has 9 nitrogen and oxygen atoms in total. The number of carbonyl (C=O) groups is 2. The number of nitrogens with two attached hydrogens (primary N) is 1. The van der Waals surface area contributed by atoms with Crippen LogP contribution in [0.5, 0.6) is 0 Å². The number of aryl methyl sites for hydroxylation is 1. The lowest BCUT2D eigenvalue weighted by molar-refractivity contribution is -0.595. The number of primary sulfonamides is 1. The summed E-state index contributed by atoms with van der Waals surface area (Å²) in [5, 5.41) is 5.49. The Bertz CT molecular complexity index is 1370. The van der Waals surface area contributed by atoms with Crippen molar-refractivity contribution in [1.82, 2.24) is 4.98 Å². The molecule has 0 fully saturated rings. The van der Waals surface area contributed by atoms with Crippen LogP contribution in [0.15, 0.2) is 53.0 Å². The van der Waals surface area contributed by atoms with Crippen LogP contribution in [0.1, 0.15) is 23.7 Å². The number of hydrogen-bond acceptors (Lipinski definition) is 7. The highest BCUT2D eigenvalue weighted by Crippen LogP contribution is 2.41. The lowest BCUT2D eigenvalue weighted by Crippen LogP contribution is -2.46. The third kappa shape index (κ3) is 4.59. The Morgan fingerprint density at radius 2 is 1.88 bits per heavy atom. The van der Waals surface area contributed by atoms with Crippen molar-refractivity contribution in [2.75, 3.05) is 18.6 Å². The van der Waals surface area contributed by atoms with Gasteiger partial charge in [0.05, 0.1) is 11.1 Å². The molecule has 11 heteroatoms. The van der Waals surface area contributed by atoms with Crippen LogP contribution >= 0.6 is 11.3 Å². The number of aromatic nitrogens is 2. The Balaban J connectivity index is 1.68. The molecule has 178 valence electrons. The van der Waals surface area contributed by atoms with Gasteiger partial charge in [-0.15, -0.1) is 0 Å². The first-order valence-corrected chi connectivity index (χ1v) is 12.9. The maximum absolute atomic E-state index is 13.8. The van der Waals surface area contributed by atoms with Gasteiger partial charge in [0.1, 0.15) is 6.61 Å². The first-order valence-electron chi connectivity index (χ1n) is 10.5. The molecule has 2 N–H and O–H groups in total. The summed E-state index contributed by atoms with van der Waals surface area (Å²) in [4.78, 5) is 31.0.